The number of fused-ring (bicyclic) bond motifs is 3. The number of alkyl halides is 1. The molecular weight excluding hydrogens is 607 g/mol. The number of hydrogen-bond acceptors (Lipinski definition) is 8. The Labute approximate surface area is 263 Å². The van der Waals surface area contributed by atoms with E-state index in [0.717, 1.165) is 25.8 Å². The maximum atomic E-state index is 17.0. The van der Waals surface area contributed by atoms with Gasteiger partial charge in [-0.25, -0.2) is 13.2 Å². The van der Waals surface area contributed by atoms with E-state index in [9.17, 15) is 9.50 Å². The Morgan fingerprint density at radius 1 is 1.13 bits per heavy atom. The Hall–Kier alpha value is -3.22. The fourth-order valence-corrected chi connectivity index (χ4v) is 8.33. The van der Waals surface area contributed by atoms with Crippen LogP contribution in [0, 0.1) is 17.6 Å². The molecular formula is C32H35ClF3N7O2. The van der Waals surface area contributed by atoms with Gasteiger partial charge in [-0.1, -0.05) is 18.5 Å². The average molecular weight is 642 g/mol. The lowest BCUT2D eigenvalue weighted by Gasteiger charge is -2.38. The van der Waals surface area contributed by atoms with E-state index >= 15 is 8.78 Å². The van der Waals surface area contributed by atoms with Crippen LogP contribution in [0.2, 0.25) is 5.02 Å². The Morgan fingerprint density at radius 3 is 2.71 bits per heavy atom. The molecule has 0 spiro atoms. The van der Waals surface area contributed by atoms with Crippen LogP contribution in [0.5, 0.6) is 6.01 Å². The van der Waals surface area contributed by atoms with Gasteiger partial charge in [0, 0.05) is 43.2 Å². The van der Waals surface area contributed by atoms with Gasteiger partial charge in [0.1, 0.15) is 35.3 Å². The first-order chi connectivity index (χ1) is 21.6. The Kier molecular flexibility index (Phi) is 6.75. The lowest BCUT2D eigenvalue weighted by atomic mass is 9.94. The van der Waals surface area contributed by atoms with E-state index in [1.807, 2.05) is 11.8 Å². The average Bonchev–Trinajstić information content (AvgIpc) is 3.30. The summed E-state index contributed by atoms with van der Waals surface area (Å²) in [6.45, 7) is 6.07. The first-order valence-electron chi connectivity index (χ1n) is 15.7. The summed E-state index contributed by atoms with van der Waals surface area (Å²) in [5.41, 5.74) is -0.430. The summed E-state index contributed by atoms with van der Waals surface area (Å²) in [5.74, 6) is -0.722. The monoisotopic (exact) mass is 641 g/mol. The van der Waals surface area contributed by atoms with Crippen LogP contribution in [-0.4, -0.2) is 85.3 Å². The fraction of sp³-hybridized carbons (Fsp3) is 0.562. The van der Waals surface area contributed by atoms with Crippen molar-refractivity contribution in [2.24, 2.45) is 5.92 Å². The zero-order chi connectivity index (χ0) is 31.2. The van der Waals surface area contributed by atoms with Crippen molar-refractivity contribution in [3.05, 3.63) is 34.6 Å². The molecule has 8 rings (SSSR count). The minimum absolute atomic E-state index is 0.00679. The van der Waals surface area contributed by atoms with Crippen molar-refractivity contribution in [1.29, 1.82) is 0 Å². The SMILES string of the molecule is C[C@@H]1C[C@@H]1c1c(Cl)c(F)c2[nH]ncc2c1-c1ncc2c(N3CCC[C@@](C)(O)C3)nc(OC[C@@]34CCCN3C[C@H](F)C4)nc2c1F. The summed E-state index contributed by atoms with van der Waals surface area (Å²) in [4.78, 5) is 18.0. The van der Waals surface area contributed by atoms with E-state index in [0.29, 0.717) is 60.1 Å². The van der Waals surface area contributed by atoms with Crippen molar-refractivity contribution < 1.29 is 23.0 Å². The van der Waals surface area contributed by atoms with Gasteiger partial charge >= 0.3 is 6.01 Å². The molecule has 1 aliphatic carbocycles. The van der Waals surface area contributed by atoms with Crippen molar-refractivity contribution in [3.8, 4) is 17.3 Å². The number of hydrogen-bond donors (Lipinski definition) is 2. The molecule has 9 nitrogen and oxygen atoms in total. The molecule has 6 heterocycles. The first kappa shape index (κ1) is 29.2. The largest absolute Gasteiger partial charge is 0.461 e. The minimum atomic E-state index is -0.959. The summed E-state index contributed by atoms with van der Waals surface area (Å²) in [6, 6.07) is -0.0241. The third-order valence-electron chi connectivity index (χ3n) is 10.4. The molecule has 3 saturated heterocycles. The number of H-pyrrole nitrogens is 1. The molecule has 0 amide bonds. The van der Waals surface area contributed by atoms with Crippen molar-refractivity contribution in [3.63, 3.8) is 0 Å². The van der Waals surface area contributed by atoms with Crippen LogP contribution < -0.4 is 9.64 Å². The number of pyridine rings is 1. The number of aromatic nitrogens is 5. The number of halogens is 4. The summed E-state index contributed by atoms with van der Waals surface area (Å²) in [6.07, 6.45) is 6.35. The van der Waals surface area contributed by atoms with E-state index in [-0.39, 0.29) is 52.7 Å². The maximum Gasteiger partial charge on any atom is 0.319 e. The Balaban J connectivity index is 1.29. The van der Waals surface area contributed by atoms with Gasteiger partial charge in [0.25, 0.3) is 0 Å². The third-order valence-corrected chi connectivity index (χ3v) is 10.8. The van der Waals surface area contributed by atoms with E-state index in [2.05, 4.69) is 25.1 Å². The zero-order valence-corrected chi connectivity index (χ0v) is 26.0. The normalized spacial score (nSPS) is 30.0. The number of aromatic amines is 1. The number of piperidine rings is 1. The van der Waals surface area contributed by atoms with Crippen LogP contribution in [0.15, 0.2) is 12.4 Å². The van der Waals surface area contributed by atoms with Gasteiger partial charge in [0.15, 0.2) is 11.6 Å². The number of aliphatic hydroxyl groups is 1. The third kappa shape index (κ3) is 4.74. The smallest absolute Gasteiger partial charge is 0.319 e. The topological polar surface area (TPSA) is 103 Å². The number of anilines is 1. The van der Waals surface area contributed by atoms with Crippen molar-refractivity contribution >= 4 is 39.2 Å². The van der Waals surface area contributed by atoms with Crippen LogP contribution >= 0.6 is 11.6 Å². The summed E-state index contributed by atoms with van der Waals surface area (Å²) in [7, 11) is 0. The van der Waals surface area contributed by atoms with Crippen LogP contribution in [0.3, 0.4) is 0 Å². The molecule has 5 atom stereocenters. The molecule has 1 aromatic carbocycles. The second-order valence-corrected chi connectivity index (χ2v) is 14.2. The molecule has 3 aliphatic heterocycles. The van der Waals surface area contributed by atoms with Crippen molar-refractivity contribution in [2.75, 3.05) is 37.7 Å². The molecule has 238 valence electrons. The van der Waals surface area contributed by atoms with Crippen LogP contribution in [0.4, 0.5) is 19.0 Å². The minimum Gasteiger partial charge on any atom is -0.461 e. The number of ether oxygens (including phenoxy) is 1. The number of rotatable bonds is 6. The Bertz CT molecular complexity index is 1840. The highest BCUT2D eigenvalue weighted by molar-refractivity contribution is 6.33. The maximum absolute atomic E-state index is 17.0. The highest BCUT2D eigenvalue weighted by Gasteiger charge is 2.49. The molecule has 0 bridgehead atoms. The van der Waals surface area contributed by atoms with Gasteiger partial charge < -0.3 is 14.7 Å². The van der Waals surface area contributed by atoms with Gasteiger partial charge in [0.05, 0.1) is 27.7 Å². The first-order valence-corrected chi connectivity index (χ1v) is 16.1. The van der Waals surface area contributed by atoms with E-state index in [1.54, 1.807) is 6.92 Å². The fourth-order valence-electron chi connectivity index (χ4n) is 8.00. The van der Waals surface area contributed by atoms with Crippen LogP contribution in [0.25, 0.3) is 33.1 Å². The van der Waals surface area contributed by atoms with Crippen LogP contribution in [0.1, 0.15) is 63.9 Å². The number of nitrogens with one attached hydrogen (secondary N) is 1. The van der Waals surface area contributed by atoms with Gasteiger partial charge in [-0.05, 0) is 63.0 Å². The van der Waals surface area contributed by atoms with E-state index in [4.69, 9.17) is 21.3 Å². The second-order valence-electron chi connectivity index (χ2n) is 13.8. The lowest BCUT2D eigenvalue weighted by Crippen LogP contribution is -2.46. The number of benzene rings is 1. The molecule has 3 aromatic heterocycles. The number of nitrogens with zero attached hydrogens (tertiary/aromatic N) is 6. The number of β-amino-alcohol motifs (C(OH)–C–C–N with tert-alkyl or cyclic N) is 1. The molecule has 4 aromatic rings. The summed E-state index contributed by atoms with van der Waals surface area (Å²) >= 11 is 6.61. The summed E-state index contributed by atoms with van der Waals surface area (Å²) in [5, 5.41) is 18.3. The molecule has 4 fully saturated rings. The highest BCUT2D eigenvalue weighted by atomic mass is 35.5. The van der Waals surface area contributed by atoms with Crippen molar-refractivity contribution in [1.82, 2.24) is 30.0 Å². The zero-order valence-electron chi connectivity index (χ0n) is 25.2. The predicted molar refractivity (Wildman–Crippen MR) is 164 cm³/mol. The predicted octanol–water partition coefficient (Wildman–Crippen LogP) is 5.93. The van der Waals surface area contributed by atoms with Gasteiger partial charge in [-0.2, -0.15) is 15.1 Å². The molecule has 13 heteroatoms. The molecule has 1 saturated carbocycles. The van der Waals surface area contributed by atoms with Gasteiger partial charge in [-0.15, -0.1) is 0 Å². The molecule has 2 N–H and O–H groups in total. The van der Waals surface area contributed by atoms with Gasteiger partial charge in [0.2, 0.25) is 0 Å². The standard InChI is InChI=1S/C32H35ClF3N7O2/c1-16-9-18(16)21-22(19-12-38-41-27(19)24(35)23(21)33)28-25(36)26-20(11-37-28)29(42-7-3-5-31(2,44)14-42)40-30(39-26)45-15-32-6-4-8-43(32)13-17(34)10-32/h11-12,16-18,44H,3-10,13-15H2,1-2H3,(H,38,41)/t16-,17-,18+,31-,32+/m1/s1. The van der Waals surface area contributed by atoms with E-state index < -0.39 is 28.9 Å². The van der Waals surface area contributed by atoms with Crippen LogP contribution in [-0.2, 0) is 0 Å². The lowest BCUT2D eigenvalue weighted by molar-refractivity contribution is 0.0447. The molecule has 4 aliphatic rings. The Morgan fingerprint density at radius 2 is 1.93 bits per heavy atom. The van der Waals surface area contributed by atoms with E-state index in [1.165, 1.54) is 12.4 Å². The highest BCUT2D eigenvalue weighted by Crippen LogP contribution is 2.55. The summed E-state index contributed by atoms with van der Waals surface area (Å²) < 4.78 is 53.0. The second kappa shape index (κ2) is 10.4. The van der Waals surface area contributed by atoms with Gasteiger partial charge in [-0.3, -0.25) is 15.0 Å². The molecule has 45 heavy (non-hydrogen) atoms. The quantitative estimate of drug-likeness (QED) is 0.267. The van der Waals surface area contributed by atoms with Crippen molar-refractivity contribution in [2.45, 2.75) is 75.6 Å². The molecule has 0 unspecified atom stereocenters. The molecule has 0 radical (unpaired) electrons.